The summed E-state index contributed by atoms with van der Waals surface area (Å²) >= 11 is 1.77. The Kier molecular flexibility index (Phi) is 9.76. The van der Waals surface area contributed by atoms with Gasteiger partial charge in [0.05, 0.1) is 12.0 Å². The van der Waals surface area contributed by atoms with E-state index >= 15 is 0 Å². The van der Waals surface area contributed by atoms with E-state index in [1.165, 1.54) is 50.5 Å². The molecule has 0 spiro atoms. The Morgan fingerprint density at radius 2 is 1.74 bits per heavy atom. The predicted octanol–water partition coefficient (Wildman–Crippen LogP) is 6.23. The molecule has 1 amide bonds. The summed E-state index contributed by atoms with van der Waals surface area (Å²) in [6, 6.07) is 7.61. The van der Waals surface area contributed by atoms with Crippen molar-refractivity contribution in [2.45, 2.75) is 95.9 Å². The minimum Gasteiger partial charge on any atom is -0.464 e. The lowest BCUT2D eigenvalue weighted by atomic mass is 9.88. The van der Waals surface area contributed by atoms with Crippen LogP contribution in [-0.2, 0) is 16.0 Å². The van der Waals surface area contributed by atoms with E-state index in [0.29, 0.717) is 23.8 Å². The molecule has 1 aliphatic carbocycles. The van der Waals surface area contributed by atoms with Gasteiger partial charge in [0.2, 0.25) is 0 Å². The van der Waals surface area contributed by atoms with Gasteiger partial charge in [0, 0.05) is 11.3 Å². The van der Waals surface area contributed by atoms with Gasteiger partial charge in [-0.25, -0.2) is 4.79 Å². The molecule has 1 heterocycles. The summed E-state index contributed by atoms with van der Waals surface area (Å²) in [4.78, 5) is 28.2. The van der Waals surface area contributed by atoms with Gasteiger partial charge >= 0.3 is 5.97 Å². The lowest BCUT2D eigenvalue weighted by molar-refractivity contribution is -0.148. The molecule has 2 aliphatic rings. The van der Waals surface area contributed by atoms with Gasteiger partial charge in [-0.1, -0.05) is 64.5 Å². The van der Waals surface area contributed by atoms with E-state index in [0.717, 1.165) is 25.7 Å². The second-order valence-corrected chi connectivity index (χ2v) is 10.2. The fourth-order valence-electron chi connectivity index (χ4n) is 4.77. The van der Waals surface area contributed by atoms with Crippen molar-refractivity contribution in [3.8, 4) is 0 Å². The highest BCUT2D eigenvalue weighted by molar-refractivity contribution is 8.00. The van der Waals surface area contributed by atoms with Crippen LogP contribution in [-0.4, -0.2) is 40.6 Å². The van der Waals surface area contributed by atoms with Gasteiger partial charge in [-0.05, 0) is 55.7 Å². The number of nitrogens with zero attached hydrogens (tertiary/aromatic N) is 1. The molecule has 2 unspecified atom stereocenters. The molecule has 1 aliphatic heterocycles. The van der Waals surface area contributed by atoms with Crippen LogP contribution < -0.4 is 0 Å². The Morgan fingerprint density at radius 3 is 2.42 bits per heavy atom. The third-order valence-corrected chi connectivity index (χ3v) is 8.02. The number of unbranched alkanes of at least 4 members (excludes halogenated alkanes) is 3. The molecule has 1 saturated carbocycles. The molecule has 172 valence electrons. The highest BCUT2D eigenvalue weighted by Gasteiger charge is 2.45. The number of aryl methyl sites for hydroxylation is 1. The molecular weight excluding hydrogens is 406 g/mol. The maximum atomic E-state index is 13.6. The molecule has 4 nitrogen and oxygen atoms in total. The van der Waals surface area contributed by atoms with E-state index in [4.69, 9.17) is 4.74 Å². The van der Waals surface area contributed by atoms with E-state index in [9.17, 15) is 9.59 Å². The van der Waals surface area contributed by atoms with Crippen LogP contribution >= 0.6 is 11.8 Å². The largest absolute Gasteiger partial charge is 0.464 e. The van der Waals surface area contributed by atoms with Crippen LogP contribution in [0.15, 0.2) is 24.3 Å². The van der Waals surface area contributed by atoms with Crippen LogP contribution in [0.3, 0.4) is 0 Å². The second-order valence-electron chi connectivity index (χ2n) is 9.03. The lowest BCUT2D eigenvalue weighted by Crippen LogP contribution is -2.48. The third-order valence-electron chi connectivity index (χ3n) is 6.56. The first-order chi connectivity index (χ1) is 15.2. The molecule has 31 heavy (non-hydrogen) atoms. The highest BCUT2D eigenvalue weighted by Crippen LogP contribution is 2.41. The molecule has 1 aromatic carbocycles. The first-order valence-corrected chi connectivity index (χ1v) is 13.4. The van der Waals surface area contributed by atoms with Gasteiger partial charge < -0.3 is 9.64 Å². The summed E-state index contributed by atoms with van der Waals surface area (Å²) in [6.07, 6.45) is 12.9. The van der Waals surface area contributed by atoms with Gasteiger partial charge in [0.25, 0.3) is 5.91 Å². The number of rotatable bonds is 10. The summed E-state index contributed by atoms with van der Waals surface area (Å²) in [5.74, 6) is 0.861. The van der Waals surface area contributed by atoms with Crippen LogP contribution in [0.5, 0.6) is 0 Å². The zero-order chi connectivity index (χ0) is 22.1. The standard InChI is InChI=1S/C26H39NO3S/c1-3-5-6-8-11-20-14-16-21(17-15-20)24(28)27-23(26(29)30-18-4-2)19-31-25(27)22-12-9-7-10-13-22/h14-17,22-23,25H,3-13,18-19H2,1-2H3. The molecule has 2 fully saturated rings. The number of amides is 1. The Balaban J connectivity index is 1.73. The van der Waals surface area contributed by atoms with Crippen molar-refractivity contribution in [1.82, 2.24) is 4.90 Å². The number of esters is 1. The Hall–Kier alpha value is -1.49. The Labute approximate surface area is 192 Å². The van der Waals surface area contributed by atoms with Crippen LogP contribution in [0.2, 0.25) is 0 Å². The zero-order valence-electron chi connectivity index (χ0n) is 19.3. The van der Waals surface area contributed by atoms with E-state index in [2.05, 4.69) is 19.1 Å². The predicted molar refractivity (Wildman–Crippen MR) is 128 cm³/mol. The van der Waals surface area contributed by atoms with E-state index in [1.807, 2.05) is 24.0 Å². The van der Waals surface area contributed by atoms with Gasteiger partial charge in [-0.15, -0.1) is 11.8 Å². The van der Waals surface area contributed by atoms with E-state index in [1.54, 1.807) is 11.8 Å². The first-order valence-electron chi connectivity index (χ1n) is 12.4. The number of benzene rings is 1. The number of carbonyl (C=O) groups excluding carboxylic acids is 2. The summed E-state index contributed by atoms with van der Waals surface area (Å²) in [6.45, 7) is 4.64. The number of hydrogen-bond acceptors (Lipinski definition) is 4. The van der Waals surface area contributed by atoms with Crippen molar-refractivity contribution in [2.75, 3.05) is 12.4 Å². The average Bonchev–Trinajstić information content (AvgIpc) is 3.26. The summed E-state index contributed by atoms with van der Waals surface area (Å²) in [7, 11) is 0. The topological polar surface area (TPSA) is 46.6 Å². The number of carbonyl (C=O) groups is 2. The first kappa shape index (κ1) is 24.2. The van der Waals surface area contributed by atoms with Crippen LogP contribution in [0.25, 0.3) is 0 Å². The molecule has 3 rings (SSSR count). The minimum absolute atomic E-state index is 0.0171. The molecule has 1 aromatic rings. The van der Waals surface area contributed by atoms with E-state index < -0.39 is 6.04 Å². The van der Waals surface area contributed by atoms with Crippen LogP contribution in [0.4, 0.5) is 0 Å². The quantitative estimate of drug-likeness (QED) is 0.316. The highest BCUT2D eigenvalue weighted by atomic mass is 32.2. The number of hydrogen-bond donors (Lipinski definition) is 0. The molecule has 0 bridgehead atoms. The smallest absolute Gasteiger partial charge is 0.329 e. The summed E-state index contributed by atoms with van der Waals surface area (Å²) in [5, 5.41) is 0.0840. The maximum absolute atomic E-state index is 13.6. The Morgan fingerprint density at radius 1 is 1.00 bits per heavy atom. The SMILES string of the molecule is CCCCCCc1ccc(C(=O)N2C(C(=O)OCCC)CSC2C2CCCCC2)cc1. The second kappa shape index (κ2) is 12.5. The summed E-state index contributed by atoms with van der Waals surface area (Å²) in [5.41, 5.74) is 1.97. The molecule has 5 heteroatoms. The molecular formula is C26H39NO3S. The maximum Gasteiger partial charge on any atom is 0.329 e. The fourth-order valence-corrected chi connectivity index (χ4v) is 6.39. The number of thioether (sulfide) groups is 1. The number of ether oxygens (including phenoxy) is 1. The van der Waals surface area contributed by atoms with Gasteiger partial charge in [0.15, 0.2) is 0 Å². The molecule has 2 atom stereocenters. The fraction of sp³-hybridized carbons (Fsp3) is 0.692. The van der Waals surface area contributed by atoms with Crippen molar-refractivity contribution in [2.24, 2.45) is 5.92 Å². The Bertz CT molecular complexity index is 699. The minimum atomic E-state index is -0.468. The molecule has 0 radical (unpaired) electrons. The van der Waals surface area contributed by atoms with Crippen LogP contribution in [0, 0.1) is 5.92 Å². The average molecular weight is 446 g/mol. The van der Waals surface area contributed by atoms with Gasteiger partial charge in [-0.3, -0.25) is 4.79 Å². The van der Waals surface area contributed by atoms with Crippen molar-refractivity contribution < 1.29 is 14.3 Å². The molecule has 0 N–H and O–H groups in total. The monoisotopic (exact) mass is 445 g/mol. The van der Waals surface area contributed by atoms with Crippen molar-refractivity contribution in [3.05, 3.63) is 35.4 Å². The molecule has 0 aromatic heterocycles. The van der Waals surface area contributed by atoms with Gasteiger partial charge in [-0.2, -0.15) is 0 Å². The zero-order valence-corrected chi connectivity index (χ0v) is 20.1. The van der Waals surface area contributed by atoms with E-state index in [-0.39, 0.29) is 17.3 Å². The van der Waals surface area contributed by atoms with Crippen LogP contribution in [0.1, 0.15) is 94.0 Å². The normalized spacial score (nSPS) is 21.9. The van der Waals surface area contributed by atoms with Crippen molar-refractivity contribution in [1.29, 1.82) is 0 Å². The third kappa shape index (κ3) is 6.50. The van der Waals surface area contributed by atoms with Crippen molar-refractivity contribution >= 4 is 23.6 Å². The summed E-state index contributed by atoms with van der Waals surface area (Å²) < 4.78 is 5.46. The lowest BCUT2D eigenvalue weighted by Gasteiger charge is -2.35. The molecule has 1 saturated heterocycles. The van der Waals surface area contributed by atoms with Crippen molar-refractivity contribution in [3.63, 3.8) is 0 Å². The van der Waals surface area contributed by atoms with Gasteiger partial charge in [0.1, 0.15) is 6.04 Å².